The molecule has 0 unspecified atom stereocenters. The molecule has 0 aliphatic carbocycles. The Bertz CT molecular complexity index is 11.7. The van der Waals surface area contributed by atoms with E-state index in [2.05, 4.69) is 26.7 Å². The van der Waals surface area contributed by atoms with Crippen LogP contribution in [0.4, 0.5) is 0 Å². The van der Waals surface area contributed by atoms with Crippen molar-refractivity contribution in [1.29, 1.82) is 0 Å². The molecule has 50 valence electrons. The van der Waals surface area contributed by atoms with Crippen molar-refractivity contribution >= 4 is 17.2 Å². The van der Waals surface area contributed by atoms with Crippen molar-refractivity contribution < 1.29 is 16.5 Å². The van der Waals surface area contributed by atoms with Crippen LogP contribution in [0.25, 0.3) is 0 Å². The zero-order chi connectivity index (χ0) is 5.41. The Labute approximate surface area is 60.7 Å². The van der Waals surface area contributed by atoms with Crippen molar-refractivity contribution in [2.75, 3.05) is 26.7 Å². The maximum atomic E-state index is 2.15. The Hall–Kier alpha value is 1.35. The summed E-state index contributed by atoms with van der Waals surface area (Å²) >= 11 is 0. The fourth-order valence-electron chi connectivity index (χ4n) is 0. The van der Waals surface area contributed by atoms with E-state index in [1.165, 1.54) is 0 Å². The summed E-state index contributed by atoms with van der Waals surface area (Å²) in [6.07, 6.45) is 0. The second kappa shape index (κ2) is 26.4. The SMILES string of the molecule is CPC.CPC.[Ni]. The standard InChI is InChI=1S/2C2H7P.Ni/c2*1-3-2;/h2*3H,1-2H3;. The van der Waals surface area contributed by atoms with E-state index in [-0.39, 0.29) is 16.5 Å². The molecular formula is C4H14NiP2. The van der Waals surface area contributed by atoms with Gasteiger partial charge in [-0.15, -0.1) is 17.2 Å². The van der Waals surface area contributed by atoms with Crippen LogP contribution in [0.3, 0.4) is 0 Å². The predicted octanol–water partition coefficient (Wildman–Crippen LogP) is 1.85. The van der Waals surface area contributed by atoms with E-state index in [9.17, 15) is 0 Å². The van der Waals surface area contributed by atoms with Gasteiger partial charge in [0.15, 0.2) is 0 Å². The van der Waals surface area contributed by atoms with E-state index in [1.54, 1.807) is 0 Å². The molecule has 0 nitrogen and oxygen atoms in total. The molecule has 0 aromatic heterocycles. The zero-order valence-corrected chi connectivity index (χ0v) is 8.30. The van der Waals surface area contributed by atoms with Crippen molar-refractivity contribution in [3.8, 4) is 0 Å². The molecule has 3 heteroatoms. The first-order valence-corrected chi connectivity index (χ1v) is 6.00. The third-order valence-corrected chi connectivity index (χ3v) is 0. The fraction of sp³-hybridized carbons (Fsp3) is 1.00. The molecule has 0 aliphatic rings. The zero-order valence-electron chi connectivity index (χ0n) is 5.32. The van der Waals surface area contributed by atoms with Crippen molar-refractivity contribution in [2.45, 2.75) is 0 Å². The first-order chi connectivity index (χ1) is 2.83. The summed E-state index contributed by atoms with van der Waals surface area (Å²) in [5.74, 6) is 0. The van der Waals surface area contributed by atoms with Gasteiger partial charge in [-0.3, -0.25) is 0 Å². The van der Waals surface area contributed by atoms with Crippen molar-refractivity contribution in [3.05, 3.63) is 0 Å². The topological polar surface area (TPSA) is 0 Å². The molecule has 0 N–H and O–H groups in total. The van der Waals surface area contributed by atoms with Crippen LogP contribution in [0.1, 0.15) is 0 Å². The first-order valence-electron chi connectivity index (χ1n) is 2.00. The van der Waals surface area contributed by atoms with Crippen LogP contribution in [-0.2, 0) is 16.5 Å². The minimum Gasteiger partial charge on any atom is -0.129 e. The average molecular weight is 183 g/mol. The Morgan fingerprint density at radius 1 is 0.714 bits per heavy atom. The monoisotopic (exact) mass is 182 g/mol. The van der Waals surface area contributed by atoms with Gasteiger partial charge in [-0.25, -0.2) is 0 Å². The molecular weight excluding hydrogens is 169 g/mol. The van der Waals surface area contributed by atoms with Gasteiger partial charge in [0.05, 0.1) is 0 Å². The molecule has 0 atom stereocenters. The molecule has 0 amide bonds. The third kappa shape index (κ3) is 115. The van der Waals surface area contributed by atoms with Crippen LogP contribution in [-0.4, -0.2) is 26.7 Å². The maximum absolute atomic E-state index is 2.15. The molecule has 0 rings (SSSR count). The molecule has 0 aromatic rings. The van der Waals surface area contributed by atoms with Gasteiger partial charge in [0.2, 0.25) is 0 Å². The molecule has 0 heterocycles. The fourth-order valence-corrected chi connectivity index (χ4v) is 0. The van der Waals surface area contributed by atoms with Gasteiger partial charge in [0.25, 0.3) is 0 Å². The smallest absolute Gasteiger partial charge is 0 e. The Morgan fingerprint density at radius 2 is 0.714 bits per heavy atom. The Kier molecular flexibility index (Phi) is 59.4. The van der Waals surface area contributed by atoms with E-state index in [1.807, 2.05) is 0 Å². The summed E-state index contributed by atoms with van der Waals surface area (Å²) in [5.41, 5.74) is 0. The van der Waals surface area contributed by atoms with Gasteiger partial charge in [0, 0.05) is 16.5 Å². The van der Waals surface area contributed by atoms with Gasteiger partial charge in [-0.05, 0) is 26.7 Å². The largest absolute Gasteiger partial charge is 0.129 e. The quantitative estimate of drug-likeness (QED) is 0.396. The van der Waals surface area contributed by atoms with Crippen LogP contribution in [0.15, 0.2) is 0 Å². The van der Waals surface area contributed by atoms with E-state index in [4.69, 9.17) is 0 Å². The summed E-state index contributed by atoms with van der Waals surface area (Å²) in [6, 6.07) is 0. The van der Waals surface area contributed by atoms with Crippen molar-refractivity contribution in [3.63, 3.8) is 0 Å². The van der Waals surface area contributed by atoms with Crippen LogP contribution in [0.2, 0.25) is 0 Å². The van der Waals surface area contributed by atoms with Crippen LogP contribution in [0.5, 0.6) is 0 Å². The van der Waals surface area contributed by atoms with E-state index in [0.717, 1.165) is 17.2 Å². The van der Waals surface area contributed by atoms with E-state index < -0.39 is 0 Å². The number of hydrogen-bond acceptors (Lipinski definition) is 0. The average Bonchev–Trinajstić information content (AvgIpc) is 1.39. The van der Waals surface area contributed by atoms with Crippen molar-refractivity contribution in [2.24, 2.45) is 0 Å². The summed E-state index contributed by atoms with van der Waals surface area (Å²) in [6.45, 7) is 8.61. The molecule has 0 bridgehead atoms. The minimum atomic E-state index is 0. The first kappa shape index (κ1) is 15.8. The van der Waals surface area contributed by atoms with Gasteiger partial charge >= 0.3 is 0 Å². The molecule has 0 saturated carbocycles. The molecule has 0 aromatic carbocycles. The molecule has 0 fully saturated rings. The summed E-state index contributed by atoms with van der Waals surface area (Å²) in [5, 5.41) is 0. The summed E-state index contributed by atoms with van der Waals surface area (Å²) < 4.78 is 0. The number of rotatable bonds is 0. The predicted molar refractivity (Wildman–Crippen MR) is 40.3 cm³/mol. The van der Waals surface area contributed by atoms with Gasteiger partial charge in [-0.2, -0.15) is 0 Å². The minimum absolute atomic E-state index is 0. The molecule has 0 radical (unpaired) electrons. The maximum Gasteiger partial charge on any atom is 0 e. The molecule has 0 saturated heterocycles. The van der Waals surface area contributed by atoms with Crippen LogP contribution >= 0.6 is 17.2 Å². The summed E-state index contributed by atoms with van der Waals surface area (Å²) in [4.78, 5) is 0. The number of hydrogen-bond donors (Lipinski definition) is 0. The second-order valence-corrected chi connectivity index (χ2v) is 3.00. The van der Waals surface area contributed by atoms with E-state index >= 15 is 0 Å². The van der Waals surface area contributed by atoms with Crippen LogP contribution in [0, 0.1) is 0 Å². The van der Waals surface area contributed by atoms with Gasteiger partial charge < -0.3 is 0 Å². The van der Waals surface area contributed by atoms with Crippen molar-refractivity contribution in [1.82, 2.24) is 0 Å². The third-order valence-electron chi connectivity index (χ3n) is 0. The van der Waals surface area contributed by atoms with Gasteiger partial charge in [-0.1, -0.05) is 0 Å². The normalized spacial score (nSPS) is 5.14. The summed E-state index contributed by atoms with van der Waals surface area (Å²) in [7, 11) is 2.17. The van der Waals surface area contributed by atoms with Gasteiger partial charge in [0.1, 0.15) is 0 Å². The second-order valence-electron chi connectivity index (χ2n) is 1.00. The van der Waals surface area contributed by atoms with Crippen LogP contribution < -0.4 is 0 Å². The Balaban J connectivity index is -0.0000000400. The van der Waals surface area contributed by atoms with E-state index in [0.29, 0.717) is 0 Å². The molecule has 0 aliphatic heterocycles. The molecule has 7 heavy (non-hydrogen) atoms. The molecule has 0 spiro atoms. The Morgan fingerprint density at radius 3 is 0.714 bits per heavy atom.